The third-order valence-electron chi connectivity index (χ3n) is 5.34. The lowest BCUT2D eigenvalue weighted by Gasteiger charge is -2.18. The Morgan fingerprint density at radius 1 is 1.00 bits per heavy atom. The summed E-state index contributed by atoms with van der Waals surface area (Å²) in [6.07, 6.45) is 0.509. The molecule has 0 saturated carbocycles. The molecule has 0 aromatic heterocycles. The predicted molar refractivity (Wildman–Crippen MR) is 133 cm³/mol. The first-order valence-corrected chi connectivity index (χ1v) is 11.5. The molecule has 1 fully saturated rings. The van der Waals surface area contributed by atoms with Crippen LogP contribution in [0.15, 0.2) is 89.5 Å². The molecule has 1 N–H and O–H groups in total. The van der Waals surface area contributed by atoms with Crippen molar-refractivity contribution >= 4 is 35.0 Å². The molecule has 3 aromatic rings. The van der Waals surface area contributed by atoms with Gasteiger partial charge in [-0.25, -0.2) is 0 Å². The molecule has 1 atom stereocenters. The lowest BCUT2D eigenvalue weighted by atomic mass is 10.1. The van der Waals surface area contributed by atoms with E-state index in [9.17, 15) is 14.9 Å². The maximum absolute atomic E-state index is 13.5. The number of anilines is 2. The number of carbonyl (C=O) groups excluding carboxylic acids is 2. The topological polar surface area (TPSA) is 73.2 Å². The normalized spacial score (nSPS) is 16.9. The molecule has 0 bridgehead atoms. The van der Waals surface area contributed by atoms with E-state index in [4.69, 9.17) is 0 Å². The Morgan fingerprint density at radius 3 is 2.39 bits per heavy atom. The highest BCUT2D eigenvalue weighted by Crippen LogP contribution is 2.42. The van der Waals surface area contributed by atoms with Crippen molar-refractivity contribution in [1.82, 2.24) is 0 Å². The molecule has 1 saturated heterocycles. The van der Waals surface area contributed by atoms with Gasteiger partial charge in [-0.05, 0) is 55.7 Å². The summed E-state index contributed by atoms with van der Waals surface area (Å²) < 4.78 is 0. The molecule has 6 heteroatoms. The molecule has 1 aliphatic rings. The van der Waals surface area contributed by atoms with Crippen molar-refractivity contribution in [3.63, 3.8) is 0 Å². The molecular formula is C27H23N3O2S. The first-order chi connectivity index (χ1) is 16.0. The van der Waals surface area contributed by atoms with Gasteiger partial charge < -0.3 is 5.32 Å². The number of nitrogens with one attached hydrogen (secondary N) is 1. The summed E-state index contributed by atoms with van der Waals surface area (Å²) in [5.74, 6) is -0.673. The fourth-order valence-corrected chi connectivity index (χ4v) is 4.96. The third-order valence-corrected chi connectivity index (χ3v) is 6.60. The van der Waals surface area contributed by atoms with Crippen LogP contribution in [0.3, 0.4) is 0 Å². The van der Waals surface area contributed by atoms with E-state index >= 15 is 0 Å². The Hall–Kier alpha value is -3.82. The van der Waals surface area contributed by atoms with Gasteiger partial charge in [0.05, 0.1) is 5.25 Å². The van der Waals surface area contributed by atoms with Crippen LogP contribution in [-0.4, -0.2) is 17.1 Å². The van der Waals surface area contributed by atoms with Crippen LogP contribution in [-0.2, 0) is 16.0 Å². The average Bonchev–Trinajstić information content (AvgIpc) is 3.12. The van der Waals surface area contributed by atoms with Gasteiger partial charge in [-0.3, -0.25) is 14.5 Å². The zero-order valence-electron chi connectivity index (χ0n) is 18.4. The molecule has 5 nitrogen and oxygen atoms in total. The lowest BCUT2D eigenvalue weighted by molar-refractivity contribution is -0.117. The zero-order chi connectivity index (χ0) is 23.4. The van der Waals surface area contributed by atoms with Crippen LogP contribution in [0.25, 0.3) is 0 Å². The van der Waals surface area contributed by atoms with Crippen molar-refractivity contribution in [3.8, 4) is 6.07 Å². The number of aryl methyl sites for hydroxylation is 2. The molecule has 0 aliphatic carbocycles. The van der Waals surface area contributed by atoms with Crippen LogP contribution < -0.4 is 10.2 Å². The fraction of sp³-hybridized carbons (Fsp3) is 0.148. The molecular weight excluding hydrogens is 430 g/mol. The molecule has 4 rings (SSSR count). The van der Waals surface area contributed by atoms with Crippen molar-refractivity contribution in [2.75, 3.05) is 10.2 Å². The van der Waals surface area contributed by atoms with Gasteiger partial charge in [-0.2, -0.15) is 5.26 Å². The summed E-state index contributed by atoms with van der Waals surface area (Å²) in [5.41, 5.74) is 4.33. The second-order valence-electron chi connectivity index (χ2n) is 7.92. The van der Waals surface area contributed by atoms with Crippen LogP contribution in [0, 0.1) is 25.2 Å². The van der Waals surface area contributed by atoms with E-state index in [0.29, 0.717) is 22.8 Å². The highest BCUT2D eigenvalue weighted by Gasteiger charge is 2.40. The Kier molecular flexibility index (Phi) is 6.62. The summed E-state index contributed by atoms with van der Waals surface area (Å²) >= 11 is 1.27. The van der Waals surface area contributed by atoms with Crippen LogP contribution in [0.4, 0.5) is 11.4 Å². The second-order valence-corrected chi connectivity index (χ2v) is 9.11. The average molecular weight is 454 g/mol. The van der Waals surface area contributed by atoms with Gasteiger partial charge in [0.25, 0.3) is 5.91 Å². The van der Waals surface area contributed by atoms with Crippen molar-refractivity contribution < 1.29 is 9.59 Å². The molecule has 164 valence electrons. The van der Waals surface area contributed by atoms with Gasteiger partial charge in [0.1, 0.15) is 16.7 Å². The molecule has 33 heavy (non-hydrogen) atoms. The van der Waals surface area contributed by atoms with E-state index < -0.39 is 11.2 Å². The number of hydrogen-bond donors (Lipinski definition) is 1. The highest BCUT2D eigenvalue weighted by atomic mass is 32.2. The number of thioether (sulfide) groups is 1. The van der Waals surface area contributed by atoms with Gasteiger partial charge >= 0.3 is 0 Å². The number of carbonyl (C=O) groups is 2. The summed E-state index contributed by atoms with van der Waals surface area (Å²) in [6.45, 7) is 3.95. The quantitative estimate of drug-likeness (QED) is 0.416. The third kappa shape index (κ3) is 5.00. The fourth-order valence-electron chi connectivity index (χ4n) is 3.65. The van der Waals surface area contributed by atoms with E-state index in [1.807, 2.05) is 80.6 Å². The summed E-state index contributed by atoms with van der Waals surface area (Å²) in [5, 5.41) is 12.6. The maximum atomic E-state index is 13.5. The second kappa shape index (κ2) is 9.76. The standard InChI is InChI=1S/C27H23N3O2S/c1-18-11-13-20(14-12-18)16-24-26(32)30(22-9-4-3-5-10-22)27(33-24)23(17-28)25(31)29-21-8-6-7-19(2)15-21/h3-15,24H,16H2,1-2H3,(H,29,31)/b27-23-/t24-/m0/s1. The number of para-hydroxylation sites is 1. The van der Waals surface area contributed by atoms with Gasteiger partial charge in [0.2, 0.25) is 5.91 Å². The van der Waals surface area contributed by atoms with Crippen molar-refractivity contribution in [1.29, 1.82) is 5.26 Å². The number of hydrogen-bond acceptors (Lipinski definition) is 4. The van der Waals surface area contributed by atoms with Crippen molar-refractivity contribution in [2.24, 2.45) is 0 Å². The zero-order valence-corrected chi connectivity index (χ0v) is 19.2. The van der Waals surface area contributed by atoms with Gasteiger partial charge in [0, 0.05) is 11.4 Å². The Labute approximate surface area is 197 Å². The van der Waals surface area contributed by atoms with E-state index in [1.54, 1.807) is 18.2 Å². The minimum absolute atomic E-state index is 0.0786. The molecule has 0 radical (unpaired) electrons. The van der Waals surface area contributed by atoms with Gasteiger partial charge in [-0.15, -0.1) is 0 Å². The first kappa shape index (κ1) is 22.4. The molecule has 1 heterocycles. The SMILES string of the molecule is Cc1ccc(C[C@@H]2S/C(=C(/C#N)C(=O)Nc3cccc(C)c3)N(c3ccccc3)C2=O)cc1. The smallest absolute Gasteiger partial charge is 0.269 e. The first-order valence-electron chi connectivity index (χ1n) is 10.6. The number of rotatable bonds is 5. The lowest BCUT2D eigenvalue weighted by Crippen LogP contribution is -2.30. The Morgan fingerprint density at radius 2 is 1.73 bits per heavy atom. The predicted octanol–water partition coefficient (Wildman–Crippen LogP) is 5.37. The van der Waals surface area contributed by atoms with Crippen molar-refractivity contribution in [2.45, 2.75) is 25.5 Å². The number of nitriles is 1. The van der Waals surface area contributed by atoms with Crippen LogP contribution in [0.1, 0.15) is 16.7 Å². The summed E-state index contributed by atoms with van der Waals surface area (Å²) in [4.78, 5) is 28.0. The minimum atomic E-state index is -0.532. The number of amides is 2. The maximum Gasteiger partial charge on any atom is 0.269 e. The van der Waals surface area contributed by atoms with Crippen LogP contribution in [0.5, 0.6) is 0 Å². The molecule has 0 spiro atoms. The van der Waals surface area contributed by atoms with Gasteiger partial charge in [-0.1, -0.05) is 71.9 Å². The van der Waals surface area contributed by atoms with Crippen molar-refractivity contribution in [3.05, 3.63) is 106 Å². The largest absolute Gasteiger partial charge is 0.321 e. The summed E-state index contributed by atoms with van der Waals surface area (Å²) in [7, 11) is 0. The molecule has 0 unspecified atom stereocenters. The monoisotopic (exact) mass is 453 g/mol. The van der Waals surface area contributed by atoms with Crippen LogP contribution >= 0.6 is 11.8 Å². The van der Waals surface area contributed by atoms with E-state index in [2.05, 4.69) is 5.32 Å². The molecule has 3 aromatic carbocycles. The molecule has 1 aliphatic heterocycles. The minimum Gasteiger partial charge on any atom is -0.321 e. The van der Waals surface area contributed by atoms with Crippen LogP contribution in [0.2, 0.25) is 0 Å². The summed E-state index contributed by atoms with van der Waals surface area (Å²) in [6, 6.07) is 26.6. The van der Waals surface area contributed by atoms with E-state index in [-0.39, 0.29) is 11.5 Å². The van der Waals surface area contributed by atoms with E-state index in [1.165, 1.54) is 16.7 Å². The Bertz CT molecular complexity index is 1260. The van der Waals surface area contributed by atoms with E-state index in [0.717, 1.165) is 16.7 Å². The number of nitrogens with zero attached hydrogens (tertiary/aromatic N) is 2. The number of benzene rings is 3. The van der Waals surface area contributed by atoms with Gasteiger partial charge in [0.15, 0.2) is 0 Å². The highest BCUT2D eigenvalue weighted by molar-refractivity contribution is 8.05. The Balaban J connectivity index is 1.71. The molecule has 2 amide bonds.